The number of carboxylic acid groups (broad SMARTS) is 1. The average molecular weight is 433 g/mol. The summed E-state index contributed by atoms with van der Waals surface area (Å²) in [6.45, 7) is 3.02. The summed E-state index contributed by atoms with van der Waals surface area (Å²) in [7, 11) is 1.53. The van der Waals surface area contributed by atoms with Crippen LogP contribution in [0.3, 0.4) is 0 Å². The van der Waals surface area contributed by atoms with Crippen molar-refractivity contribution >= 4 is 17.4 Å². The summed E-state index contributed by atoms with van der Waals surface area (Å²) >= 11 is 0. The van der Waals surface area contributed by atoms with Crippen molar-refractivity contribution in [3.05, 3.63) is 95.1 Å². The molecular weight excluding hydrogens is 404 g/mol. The van der Waals surface area contributed by atoms with E-state index in [1.54, 1.807) is 0 Å². The van der Waals surface area contributed by atoms with Crippen LogP contribution in [0.4, 0.5) is 5.69 Å². The van der Waals surface area contributed by atoms with E-state index in [0.29, 0.717) is 19.6 Å². The standard InChI is InChI=1S/C26H28N2O4/c1-19-5-3-4-6-24(19)25(28-31-2)18-32-23-14-9-21(10-15-23)17-27-22-12-7-20(8-13-22)11-16-26(29)30/h3-10,12-15,27H,11,16-18H2,1-2H3,(H,29,30). The van der Waals surface area contributed by atoms with Gasteiger partial charge in [-0.2, -0.15) is 0 Å². The Bertz CT molecular complexity index is 1040. The minimum atomic E-state index is -0.781. The van der Waals surface area contributed by atoms with Gasteiger partial charge in [0.25, 0.3) is 0 Å². The summed E-state index contributed by atoms with van der Waals surface area (Å²) in [5, 5.41) is 16.3. The lowest BCUT2D eigenvalue weighted by atomic mass is 10.0. The number of aliphatic carboxylic acids is 1. The molecule has 0 radical (unpaired) electrons. The Hall–Kier alpha value is -3.80. The van der Waals surface area contributed by atoms with E-state index < -0.39 is 5.97 Å². The van der Waals surface area contributed by atoms with Crippen molar-refractivity contribution in [2.24, 2.45) is 5.16 Å². The normalized spacial score (nSPS) is 11.1. The Kier molecular flexibility index (Phi) is 8.26. The molecule has 0 saturated carbocycles. The Morgan fingerprint density at radius 1 is 0.969 bits per heavy atom. The summed E-state index contributed by atoms with van der Waals surface area (Å²) < 4.78 is 5.93. The number of hydrogen-bond donors (Lipinski definition) is 2. The number of rotatable bonds is 11. The monoisotopic (exact) mass is 432 g/mol. The van der Waals surface area contributed by atoms with Crippen molar-refractivity contribution < 1.29 is 19.5 Å². The van der Waals surface area contributed by atoms with Gasteiger partial charge in [-0.3, -0.25) is 4.79 Å². The molecular formula is C26H28N2O4. The fourth-order valence-corrected chi connectivity index (χ4v) is 3.26. The lowest BCUT2D eigenvalue weighted by Gasteiger charge is -2.12. The zero-order chi connectivity index (χ0) is 22.8. The van der Waals surface area contributed by atoms with Crippen LogP contribution in [0.15, 0.2) is 78.0 Å². The lowest BCUT2D eigenvalue weighted by molar-refractivity contribution is -0.136. The van der Waals surface area contributed by atoms with Crippen molar-refractivity contribution in [1.29, 1.82) is 0 Å². The average Bonchev–Trinajstić information content (AvgIpc) is 2.81. The van der Waals surface area contributed by atoms with Gasteiger partial charge in [0, 0.05) is 24.2 Å². The van der Waals surface area contributed by atoms with Gasteiger partial charge in [0.15, 0.2) is 0 Å². The lowest BCUT2D eigenvalue weighted by Crippen LogP contribution is -2.14. The SMILES string of the molecule is CON=C(COc1ccc(CNc2ccc(CCC(=O)O)cc2)cc1)c1ccccc1C. The third-order valence-corrected chi connectivity index (χ3v) is 5.03. The maximum absolute atomic E-state index is 10.7. The van der Waals surface area contributed by atoms with Gasteiger partial charge in [0.1, 0.15) is 25.2 Å². The minimum Gasteiger partial charge on any atom is -0.487 e. The molecule has 6 heteroatoms. The molecule has 2 N–H and O–H groups in total. The molecule has 0 amide bonds. The van der Waals surface area contributed by atoms with Crippen molar-refractivity contribution in [2.45, 2.75) is 26.3 Å². The van der Waals surface area contributed by atoms with Crippen LogP contribution in [0.25, 0.3) is 0 Å². The van der Waals surface area contributed by atoms with Crippen molar-refractivity contribution in [3.8, 4) is 5.75 Å². The van der Waals surface area contributed by atoms with Gasteiger partial charge in [-0.15, -0.1) is 0 Å². The Balaban J connectivity index is 1.52. The second-order valence-corrected chi connectivity index (χ2v) is 7.41. The number of anilines is 1. The first-order valence-electron chi connectivity index (χ1n) is 10.5. The van der Waals surface area contributed by atoms with Crippen molar-refractivity contribution in [3.63, 3.8) is 0 Å². The Morgan fingerprint density at radius 2 is 1.66 bits per heavy atom. The summed E-state index contributed by atoms with van der Waals surface area (Å²) in [5.74, 6) is -0.0223. The first kappa shape index (κ1) is 22.9. The number of ether oxygens (including phenoxy) is 1. The molecule has 0 saturated heterocycles. The molecule has 6 nitrogen and oxygen atoms in total. The zero-order valence-electron chi connectivity index (χ0n) is 18.4. The topological polar surface area (TPSA) is 80.2 Å². The van der Waals surface area contributed by atoms with Crippen LogP contribution in [0, 0.1) is 6.92 Å². The Morgan fingerprint density at radius 3 is 2.31 bits per heavy atom. The van der Waals surface area contributed by atoms with Gasteiger partial charge >= 0.3 is 5.97 Å². The van der Waals surface area contributed by atoms with Crippen LogP contribution < -0.4 is 10.1 Å². The molecule has 0 heterocycles. The van der Waals surface area contributed by atoms with E-state index in [9.17, 15) is 4.79 Å². The van der Waals surface area contributed by atoms with Crippen molar-refractivity contribution in [2.75, 3.05) is 19.0 Å². The highest BCUT2D eigenvalue weighted by Gasteiger charge is 2.09. The molecule has 0 bridgehead atoms. The zero-order valence-corrected chi connectivity index (χ0v) is 18.4. The molecule has 0 aliphatic heterocycles. The molecule has 166 valence electrons. The largest absolute Gasteiger partial charge is 0.487 e. The number of hydrogen-bond acceptors (Lipinski definition) is 5. The van der Waals surface area contributed by atoms with Gasteiger partial charge < -0.3 is 20.0 Å². The van der Waals surface area contributed by atoms with Crippen LogP contribution in [-0.4, -0.2) is 30.5 Å². The molecule has 0 aromatic heterocycles. The highest BCUT2D eigenvalue weighted by atomic mass is 16.6. The maximum atomic E-state index is 10.7. The van der Waals surface area contributed by atoms with Crippen LogP contribution in [0.5, 0.6) is 5.75 Å². The molecule has 0 fully saturated rings. The molecule has 0 spiro atoms. The number of oxime groups is 1. The molecule has 0 atom stereocenters. The summed E-state index contributed by atoms with van der Waals surface area (Å²) in [6.07, 6.45) is 0.683. The molecule has 0 aliphatic rings. The number of benzene rings is 3. The predicted molar refractivity (Wildman–Crippen MR) is 126 cm³/mol. The molecule has 0 unspecified atom stereocenters. The first-order valence-corrected chi connectivity index (χ1v) is 10.5. The van der Waals surface area contributed by atoms with Crippen LogP contribution >= 0.6 is 0 Å². The van der Waals surface area contributed by atoms with Gasteiger partial charge in [-0.25, -0.2) is 0 Å². The first-order chi connectivity index (χ1) is 15.5. The number of carbonyl (C=O) groups is 1. The molecule has 3 aromatic carbocycles. The number of nitrogens with zero attached hydrogens (tertiary/aromatic N) is 1. The molecule has 0 aliphatic carbocycles. The second kappa shape index (κ2) is 11.6. The minimum absolute atomic E-state index is 0.144. The van der Waals surface area contributed by atoms with Gasteiger partial charge in [-0.1, -0.05) is 53.7 Å². The van der Waals surface area contributed by atoms with Gasteiger partial charge in [0.2, 0.25) is 0 Å². The van der Waals surface area contributed by atoms with Crippen LogP contribution in [0.1, 0.15) is 28.7 Å². The smallest absolute Gasteiger partial charge is 0.303 e. The van der Waals surface area contributed by atoms with Crippen LogP contribution in [0.2, 0.25) is 0 Å². The van der Waals surface area contributed by atoms with Crippen LogP contribution in [-0.2, 0) is 22.6 Å². The third kappa shape index (κ3) is 6.87. The highest BCUT2D eigenvalue weighted by molar-refractivity contribution is 6.02. The third-order valence-electron chi connectivity index (χ3n) is 5.03. The van der Waals surface area contributed by atoms with E-state index in [2.05, 4.69) is 10.5 Å². The molecule has 3 rings (SSSR count). The maximum Gasteiger partial charge on any atom is 0.303 e. The van der Waals surface area contributed by atoms with Gasteiger partial charge in [-0.05, 0) is 54.3 Å². The van der Waals surface area contributed by atoms with E-state index in [4.69, 9.17) is 14.7 Å². The van der Waals surface area contributed by atoms with E-state index in [0.717, 1.165) is 39.4 Å². The molecule has 32 heavy (non-hydrogen) atoms. The number of carboxylic acids is 1. The number of nitrogens with one attached hydrogen (secondary N) is 1. The number of aryl methyl sites for hydroxylation is 2. The predicted octanol–water partition coefficient (Wildman–Crippen LogP) is 5.05. The summed E-state index contributed by atoms with van der Waals surface area (Å²) in [6, 6.07) is 23.8. The highest BCUT2D eigenvalue weighted by Crippen LogP contribution is 2.17. The van der Waals surface area contributed by atoms with E-state index in [-0.39, 0.29) is 6.42 Å². The summed E-state index contributed by atoms with van der Waals surface area (Å²) in [4.78, 5) is 15.7. The van der Waals surface area contributed by atoms with E-state index in [1.165, 1.54) is 7.11 Å². The second-order valence-electron chi connectivity index (χ2n) is 7.41. The van der Waals surface area contributed by atoms with Crippen molar-refractivity contribution in [1.82, 2.24) is 0 Å². The fraction of sp³-hybridized carbons (Fsp3) is 0.231. The van der Waals surface area contributed by atoms with Gasteiger partial charge in [0.05, 0.1) is 0 Å². The Labute approximate surface area is 188 Å². The molecule has 3 aromatic rings. The van der Waals surface area contributed by atoms with E-state index >= 15 is 0 Å². The quantitative estimate of drug-likeness (QED) is 0.327. The fourth-order valence-electron chi connectivity index (χ4n) is 3.26. The summed E-state index contributed by atoms with van der Waals surface area (Å²) in [5.41, 5.74) is 5.98. The van der Waals surface area contributed by atoms with E-state index in [1.807, 2.05) is 79.7 Å².